The number of sulfonamides is 1. The smallest absolute Gasteiger partial charge is 0.241 e. The highest BCUT2D eigenvalue weighted by Crippen LogP contribution is 2.23. The Labute approximate surface area is 146 Å². The van der Waals surface area contributed by atoms with Crippen LogP contribution in [0.4, 0.5) is 0 Å². The zero-order valence-corrected chi connectivity index (χ0v) is 14.5. The van der Waals surface area contributed by atoms with Gasteiger partial charge in [0.15, 0.2) is 0 Å². The minimum atomic E-state index is -3.73. The van der Waals surface area contributed by atoms with Crippen molar-refractivity contribution in [3.63, 3.8) is 0 Å². The van der Waals surface area contributed by atoms with Crippen LogP contribution in [0, 0.1) is 0 Å². The fraction of sp³-hybridized carbons (Fsp3) is 0.118. The summed E-state index contributed by atoms with van der Waals surface area (Å²) < 4.78 is 30.0. The number of aromatic nitrogens is 2. The fourth-order valence-corrected chi connectivity index (χ4v) is 3.72. The predicted octanol–water partition coefficient (Wildman–Crippen LogP) is 3.14. The number of imidazole rings is 1. The molecule has 0 saturated carbocycles. The highest BCUT2D eigenvalue weighted by Gasteiger charge is 2.25. The minimum Gasteiger partial charge on any atom is -0.336 e. The summed E-state index contributed by atoms with van der Waals surface area (Å²) >= 11 is 5.84. The van der Waals surface area contributed by atoms with Crippen molar-refractivity contribution >= 4 is 21.6 Å². The van der Waals surface area contributed by atoms with Crippen LogP contribution in [-0.2, 0) is 17.1 Å². The minimum absolute atomic E-state index is 0.155. The van der Waals surface area contributed by atoms with Crippen LogP contribution in [-0.4, -0.2) is 18.0 Å². The molecule has 0 amide bonds. The van der Waals surface area contributed by atoms with Gasteiger partial charge in [-0.2, -0.15) is 4.72 Å². The Morgan fingerprint density at radius 1 is 1.08 bits per heavy atom. The molecule has 3 rings (SSSR count). The molecule has 0 aliphatic carbocycles. The first-order chi connectivity index (χ1) is 11.5. The Morgan fingerprint density at radius 2 is 1.75 bits per heavy atom. The van der Waals surface area contributed by atoms with Crippen LogP contribution in [0.1, 0.15) is 17.4 Å². The van der Waals surface area contributed by atoms with Crippen molar-refractivity contribution in [2.45, 2.75) is 10.9 Å². The number of nitrogens with one attached hydrogen (secondary N) is 1. The molecule has 124 valence electrons. The number of nitrogens with zero attached hydrogens (tertiary/aromatic N) is 2. The molecular weight excluding hydrogens is 346 g/mol. The number of halogens is 1. The lowest BCUT2D eigenvalue weighted by Crippen LogP contribution is -2.31. The second-order valence-corrected chi connectivity index (χ2v) is 7.47. The van der Waals surface area contributed by atoms with E-state index >= 15 is 0 Å². The molecule has 1 heterocycles. The lowest BCUT2D eigenvalue weighted by Gasteiger charge is -2.19. The highest BCUT2D eigenvalue weighted by molar-refractivity contribution is 7.89. The molecule has 0 saturated heterocycles. The van der Waals surface area contributed by atoms with E-state index in [1.165, 1.54) is 12.1 Å². The molecular formula is C17H16ClN3O2S. The lowest BCUT2D eigenvalue weighted by atomic mass is 10.1. The highest BCUT2D eigenvalue weighted by atomic mass is 35.5. The molecule has 7 heteroatoms. The Hall–Kier alpha value is -2.15. The fourth-order valence-electron chi connectivity index (χ4n) is 2.41. The molecule has 1 aromatic heterocycles. The van der Waals surface area contributed by atoms with Crippen LogP contribution in [0.25, 0.3) is 0 Å². The maximum atomic E-state index is 12.7. The first-order valence-corrected chi connectivity index (χ1v) is 9.13. The van der Waals surface area contributed by atoms with E-state index in [1.807, 2.05) is 37.4 Å². The van der Waals surface area contributed by atoms with Gasteiger partial charge >= 0.3 is 0 Å². The number of rotatable bonds is 5. The molecule has 0 spiro atoms. The number of hydrogen-bond donors (Lipinski definition) is 1. The third-order valence-electron chi connectivity index (χ3n) is 3.65. The van der Waals surface area contributed by atoms with Crippen molar-refractivity contribution in [3.05, 3.63) is 83.4 Å². The number of hydrogen-bond acceptors (Lipinski definition) is 3. The first-order valence-electron chi connectivity index (χ1n) is 7.27. The van der Waals surface area contributed by atoms with Gasteiger partial charge in [-0.15, -0.1) is 0 Å². The largest absolute Gasteiger partial charge is 0.336 e. The van der Waals surface area contributed by atoms with Gasteiger partial charge in [0, 0.05) is 24.5 Å². The summed E-state index contributed by atoms with van der Waals surface area (Å²) in [5.41, 5.74) is 0.810. The molecule has 0 unspecified atom stereocenters. The molecule has 5 nitrogen and oxygen atoms in total. The summed E-state index contributed by atoms with van der Waals surface area (Å²) in [4.78, 5) is 4.45. The molecule has 24 heavy (non-hydrogen) atoms. The van der Waals surface area contributed by atoms with Crippen LogP contribution in [0.15, 0.2) is 71.9 Å². The normalized spacial score (nSPS) is 12.9. The molecule has 3 aromatic rings. The third-order valence-corrected chi connectivity index (χ3v) is 5.34. The van der Waals surface area contributed by atoms with Crippen molar-refractivity contribution in [1.82, 2.24) is 14.3 Å². The van der Waals surface area contributed by atoms with Gasteiger partial charge in [-0.3, -0.25) is 0 Å². The van der Waals surface area contributed by atoms with Gasteiger partial charge in [-0.25, -0.2) is 13.4 Å². The lowest BCUT2D eigenvalue weighted by molar-refractivity contribution is 0.563. The van der Waals surface area contributed by atoms with E-state index in [4.69, 9.17) is 11.6 Å². The van der Waals surface area contributed by atoms with Gasteiger partial charge in [0.05, 0.1) is 4.90 Å². The average Bonchev–Trinajstić information content (AvgIpc) is 3.00. The van der Waals surface area contributed by atoms with Crippen molar-refractivity contribution < 1.29 is 8.42 Å². The second-order valence-electron chi connectivity index (χ2n) is 5.32. The van der Waals surface area contributed by atoms with Crippen molar-refractivity contribution in [2.24, 2.45) is 7.05 Å². The van der Waals surface area contributed by atoms with Gasteiger partial charge in [0.1, 0.15) is 11.9 Å². The Bertz CT molecular complexity index is 922. The van der Waals surface area contributed by atoms with Crippen LogP contribution in [0.5, 0.6) is 0 Å². The van der Waals surface area contributed by atoms with E-state index in [9.17, 15) is 8.42 Å². The molecule has 0 bridgehead atoms. The summed E-state index contributed by atoms with van der Waals surface area (Å²) in [7, 11) is -1.90. The van der Waals surface area contributed by atoms with Crippen LogP contribution < -0.4 is 4.72 Å². The molecule has 0 radical (unpaired) electrons. The molecule has 2 aromatic carbocycles. The summed E-state index contributed by atoms with van der Waals surface area (Å²) in [6, 6.07) is 14.8. The molecule has 1 atom stereocenters. The van der Waals surface area contributed by atoms with Crippen LogP contribution in [0.2, 0.25) is 5.02 Å². The van der Waals surface area contributed by atoms with E-state index in [-0.39, 0.29) is 4.90 Å². The Kier molecular flexibility index (Phi) is 4.71. The van der Waals surface area contributed by atoms with Crippen molar-refractivity contribution in [2.75, 3.05) is 0 Å². The van der Waals surface area contributed by atoms with E-state index in [2.05, 4.69) is 9.71 Å². The molecule has 0 aliphatic rings. The number of aryl methyl sites for hydroxylation is 1. The van der Waals surface area contributed by atoms with Gasteiger partial charge in [0.25, 0.3) is 0 Å². The van der Waals surface area contributed by atoms with E-state index < -0.39 is 16.1 Å². The summed E-state index contributed by atoms with van der Waals surface area (Å²) in [5.74, 6) is 0.610. The van der Waals surface area contributed by atoms with Gasteiger partial charge < -0.3 is 4.57 Å². The predicted molar refractivity (Wildman–Crippen MR) is 93.3 cm³/mol. The quantitative estimate of drug-likeness (QED) is 0.759. The molecule has 0 fully saturated rings. The van der Waals surface area contributed by atoms with Crippen molar-refractivity contribution in [3.8, 4) is 0 Å². The van der Waals surface area contributed by atoms with Gasteiger partial charge in [-0.1, -0.05) is 41.9 Å². The Morgan fingerprint density at radius 3 is 2.33 bits per heavy atom. The van der Waals surface area contributed by atoms with Crippen molar-refractivity contribution in [1.29, 1.82) is 0 Å². The second kappa shape index (κ2) is 6.76. The summed E-state index contributed by atoms with van der Waals surface area (Å²) in [5, 5.41) is 0.484. The SMILES string of the molecule is Cn1ccnc1[C@H](NS(=O)(=O)c1ccc(Cl)cc1)c1ccccc1. The maximum absolute atomic E-state index is 12.7. The zero-order valence-electron chi connectivity index (χ0n) is 12.9. The standard InChI is InChI=1S/C17H16ClN3O2S/c1-21-12-11-19-17(21)16(13-5-3-2-4-6-13)20-24(22,23)15-9-7-14(18)8-10-15/h2-12,16,20H,1H3/t16-/m1/s1. The maximum Gasteiger partial charge on any atom is 0.241 e. The molecule has 1 N–H and O–H groups in total. The van der Waals surface area contributed by atoms with Crippen LogP contribution in [0.3, 0.4) is 0 Å². The van der Waals surface area contributed by atoms with E-state index in [0.29, 0.717) is 10.8 Å². The number of benzene rings is 2. The van der Waals surface area contributed by atoms with E-state index in [0.717, 1.165) is 5.56 Å². The third kappa shape index (κ3) is 3.51. The van der Waals surface area contributed by atoms with Crippen LogP contribution >= 0.6 is 11.6 Å². The zero-order chi connectivity index (χ0) is 17.2. The van der Waals surface area contributed by atoms with Gasteiger partial charge in [0.2, 0.25) is 10.0 Å². The van der Waals surface area contributed by atoms with E-state index in [1.54, 1.807) is 29.1 Å². The van der Waals surface area contributed by atoms with Gasteiger partial charge in [-0.05, 0) is 29.8 Å². The monoisotopic (exact) mass is 361 g/mol. The summed E-state index contributed by atoms with van der Waals surface area (Å²) in [6.07, 6.45) is 3.42. The Balaban J connectivity index is 2.01. The first kappa shape index (κ1) is 16.7. The topological polar surface area (TPSA) is 64.0 Å². The average molecular weight is 362 g/mol. The molecule has 0 aliphatic heterocycles. The summed E-state index contributed by atoms with van der Waals surface area (Å²) in [6.45, 7) is 0.